The minimum absolute atomic E-state index is 0.289. The van der Waals surface area contributed by atoms with Crippen LogP contribution in [0.3, 0.4) is 0 Å². The fourth-order valence-electron chi connectivity index (χ4n) is 1.29. The smallest absolute Gasteiger partial charge is 0.361 e. The monoisotopic (exact) mass is 284 g/mol. The van der Waals surface area contributed by atoms with E-state index in [-0.39, 0.29) is 13.2 Å². The maximum atomic E-state index is 12.1. The lowest BCUT2D eigenvalue weighted by Gasteiger charge is -2.20. The van der Waals surface area contributed by atoms with Gasteiger partial charge in [-0.3, -0.25) is 9.09 Å². The van der Waals surface area contributed by atoms with E-state index in [4.69, 9.17) is 14.2 Å². The number of aliphatic hydroxyl groups is 1. The van der Waals surface area contributed by atoms with E-state index in [0.717, 1.165) is 0 Å². The SMILES string of the molecule is CCOP1(=O)OC(C)(C)C(Br)=C1CO. The van der Waals surface area contributed by atoms with Crippen LogP contribution in [0.2, 0.25) is 0 Å². The fourth-order valence-corrected chi connectivity index (χ4v) is 4.31. The second kappa shape index (κ2) is 4.06. The van der Waals surface area contributed by atoms with Crippen LogP contribution in [-0.2, 0) is 13.6 Å². The molecule has 0 bridgehead atoms. The van der Waals surface area contributed by atoms with E-state index in [1.807, 2.05) is 0 Å². The molecule has 1 unspecified atom stereocenters. The highest BCUT2D eigenvalue weighted by molar-refractivity contribution is 9.11. The van der Waals surface area contributed by atoms with Crippen LogP contribution in [0.15, 0.2) is 9.80 Å². The molecule has 1 rings (SSSR count). The Kier molecular flexibility index (Phi) is 3.60. The van der Waals surface area contributed by atoms with Crippen molar-refractivity contribution in [1.29, 1.82) is 0 Å². The molecule has 0 radical (unpaired) electrons. The number of rotatable bonds is 3. The maximum Gasteiger partial charge on any atom is 0.361 e. The van der Waals surface area contributed by atoms with Gasteiger partial charge in [-0.05, 0) is 20.8 Å². The van der Waals surface area contributed by atoms with Crippen molar-refractivity contribution >= 4 is 23.5 Å². The maximum absolute atomic E-state index is 12.1. The van der Waals surface area contributed by atoms with Crippen molar-refractivity contribution in [3.8, 4) is 0 Å². The predicted molar refractivity (Wildman–Crippen MR) is 57.4 cm³/mol. The van der Waals surface area contributed by atoms with Crippen molar-refractivity contribution in [2.45, 2.75) is 26.4 Å². The van der Waals surface area contributed by atoms with Gasteiger partial charge >= 0.3 is 7.60 Å². The van der Waals surface area contributed by atoms with Crippen molar-refractivity contribution in [2.24, 2.45) is 0 Å². The zero-order valence-electron chi connectivity index (χ0n) is 8.41. The second-order valence-corrected chi connectivity index (χ2v) is 6.20. The summed E-state index contributed by atoms with van der Waals surface area (Å²) in [6.07, 6.45) is 0. The molecule has 1 aliphatic heterocycles. The molecule has 0 aromatic heterocycles. The minimum atomic E-state index is -3.28. The van der Waals surface area contributed by atoms with Crippen LogP contribution in [0.4, 0.5) is 0 Å². The molecule has 0 aromatic rings. The molecular weight excluding hydrogens is 271 g/mol. The Balaban J connectivity index is 3.11. The van der Waals surface area contributed by atoms with E-state index in [1.165, 1.54) is 0 Å². The third kappa shape index (κ3) is 1.97. The van der Waals surface area contributed by atoms with Crippen molar-refractivity contribution < 1.29 is 18.7 Å². The lowest BCUT2D eigenvalue weighted by Crippen LogP contribution is -2.18. The topological polar surface area (TPSA) is 55.8 Å². The second-order valence-electron chi connectivity index (χ2n) is 3.44. The lowest BCUT2D eigenvalue weighted by molar-refractivity contribution is 0.134. The lowest BCUT2D eigenvalue weighted by atomic mass is 10.1. The van der Waals surface area contributed by atoms with Gasteiger partial charge in [0.1, 0.15) is 5.60 Å². The Morgan fingerprint density at radius 3 is 2.64 bits per heavy atom. The molecule has 4 nitrogen and oxygen atoms in total. The fraction of sp³-hybridized carbons (Fsp3) is 0.750. The van der Waals surface area contributed by atoms with E-state index in [9.17, 15) is 4.57 Å². The van der Waals surface area contributed by atoms with E-state index in [0.29, 0.717) is 9.80 Å². The predicted octanol–water partition coefficient (Wildman–Crippen LogP) is 2.62. The highest BCUT2D eigenvalue weighted by Crippen LogP contribution is 2.67. The molecule has 82 valence electrons. The molecule has 1 heterocycles. The molecule has 1 aliphatic rings. The standard InChI is InChI=1S/C8H14BrO4P/c1-4-12-14(11)6(5-10)7(9)8(2,3)13-14/h10H,4-5H2,1-3H3. The molecule has 0 amide bonds. The molecule has 1 N–H and O–H groups in total. The van der Waals surface area contributed by atoms with Crippen LogP contribution in [0.5, 0.6) is 0 Å². The first kappa shape index (κ1) is 12.4. The van der Waals surface area contributed by atoms with Crippen LogP contribution in [-0.4, -0.2) is 23.9 Å². The van der Waals surface area contributed by atoms with Gasteiger partial charge in [-0.25, -0.2) is 0 Å². The molecule has 0 fully saturated rings. The number of halogens is 1. The summed E-state index contributed by atoms with van der Waals surface area (Å²) in [7, 11) is -3.28. The van der Waals surface area contributed by atoms with Crippen molar-refractivity contribution in [3.63, 3.8) is 0 Å². The van der Waals surface area contributed by atoms with Gasteiger partial charge in [0, 0.05) is 4.48 Å². The van der Waals surface area contributed by atoms with E-state index >= 15 is 0 Å². The van der Waals surface area contributed by atoms with Crippen LogP contribution < -0.4 is 0 Å². The third-order valence-corrected chi connectivity index (χ3v) is 5.97. The minimum Gasteiger partial charge on any atom is -0.391 e. The Hall–Kier alpha value is 0.330. The van der Waals surface area contributed by atoms with Gasteiger partial charge in [0.25, 0.3) is 0 Å². The summed E-state index contributed by atoms with van der Waals surface area (Å²) >= 11 is 3.27. The molecule has 0 saturated carbocycles. The summed E-state index contributed by atoms with van der Waals surface area (Å²) in [6.45, 7) is 5.24. The number of aliphatic hydroxyl groups excluding tert-OH is 1. The zero-order valence-corrected chi connectivity index (χ0v) is 10.9. The molecule has 14 heavy (non-hydrogen) atoms. The first-order valence-electron chi connectivity index (χ1n) is 4.33. The Morgan fingerprint density at radius 1 is 1.64 bits per heavy atom. The van der Waals surface area contributed by atoms with Crippen molar-refractivity contribution in [1.82, 2.24) is 0 Å². The Labute approximate surface area is 92.0 Å². The van der Waals surface area contributed by atoms with Crippen LogP contribution in [0, 0.1) is 0 Å². The van der Waals surface area contributed by atoms with Crippen molar-refractivity contribution in [2.75, 3.05) is 13.2 Å². The number of hydrogen-bond acceptors (Lipinski definition) is 4. The van der Waals surface area contributed by atoms with Crippen LogP contribution >= 0.6 is 23.5 Å². The van der Waals surface area contributed by atoms with Gasteiger partial charge in [0.2, 0.25) is 0 Å². The van der Waals surface area contributed by atoms with E-state index < -0.39 is 13.2 Å². The largest absolute Gasteiger partial charge is 0.391 e. The Bertz CT molecular complexity index is 310. The van der Waals surface area contributed by atoms with Gasteiger partial charge in [0.05, 0.1) is 18.5 Å². The first-order chi connectivity index (χ1) is 6.37. The highest BCUT2D eigenvalue weighted by Gasteiger charge is 2.47. The van der Waals surface area contributed by atoms with Gasteiger partial charge in [-0.15, -0.1) is 0 Å². The average molecular weight is 285 g/mol. The summed E-state index contributed by atoms with van der Waals surface area (Å²) in [5, 5.41) is 9.43. The van der Waals surface area contributed by atoms with Crippen LogP contribution in [0.1, 0.15) is 20.8 Å². The molecule has 0 aliphatic carbocycles. The van der Waals surface area contributed by atoms with Gasteiger partial charge in [-0.1, -0.05) is 15.9 Å². The first-order valence-corrected chi connectivity index (χ1v) is 6.67. The van der Waals surface area contributed by atoms with E-state index in [2.05, 4.69) is 15.9 Å². The normalized spacial score (nSPS) is 31.2. The zero-order chi connectivity index (χ0) is 11.0. The molecule has 0 aromatic carbocycles. The van der Waals surface area contributed by atoms with E-state index in [1.54, 1.807) is 20.8 Å². The third-order valence-electron chi connectivity index (χ3n) is 1.91. The van der Waals surface area contributed by atoms with Crippen LogP contribution in [0.25, 0.3) is 0 Å². The molecule has 0 saturated heterocycles. The summed E-state index contributed by atoms with van der Waals surface area (Å²) in [4.78, 5) is 0. The Morgan fingerprint density at radius 2 is 2.21 bits per heavy atom. The molecular formula is C8H14BrO4P. The summed E-state index contributed by atoms with van der Waals surface area (Å²) in [5.74, 6) is 0. The summed E-state index contributed by atoms with van der Waals surface area (Å²) in [6, 6.07) is 0. The molecule has 1 atom stereocenters. The summed E-state index contributed by atoms with van der Waals surface area (Å²) in [5.41, 5.74) is -0.692. The summed E-state index contributed by atoms with van der Waals surface area (Å²) < 4.78 is 23.2. The molecule has 0 spiro atoms. The average Bonchev–Trinajstić information content (AvgIpc) is 2.19. The molecule has 6 heteroatoms. The van der Waals surface area contributed by atoms with Gasteiger partial charge in [0.15, 0.2) is 0 Å². The number of hydrogen-bond donors (Lipinski definition) is 1. The van der Waals surface area contributed by atoms with Gasteiger partial charge < -0.3 is 9.63 Å². The van der Waals surface area contributed by atoms with Gasteiger partial charge in [-0.2, -0.15) is 0 Å². The quantitative estimate of drug-likeness (QED) is 0.810. The van der Waals surface area contributed by atoms with Crippen molar-refractivity contribution in [3.05, 3.63) is 9.80 Å². The highest BCUT2D eigenvalue weighted by atomic mass is 79.9.